The predicted octanol–water partition coefficient (Wildman–Crippen LogP) is 5.47. The number of aryl methyl sites for hydroxylation is 1. The van der Waals surface area contributed by atoms with Gasteiger partial charge in [-0.1, -0.05) is 19.9 Å². The molecular weight excluding hydrogens is 551 g/mol. The largest absolute Gasteiger partial charge is 0.514 e. The molecule has 0 bridgehead atoms. The molecule has 1 aromatic heterocycles. The van der Waals surface area contributed by atoms with Crippen molar-refractivity contribution in [2.24, 2.45) is 5.92 Å². The lowest BCUT2D eigenvalue weighted by molar-refractivity contribution is -0.121. The van der Waals surface area contributed by atoms with Crippen LogP contribution in [0.3, 0.4) is 0 Å². The number of nitrogens with zero attached hydrogens (tertiary/aromatic N) is 2. The lowest BCUT2D eigenvalue weighted by Gasteiger charge is -2.37. The average Bonchev–Trinajstić information content (AvgIpc) is 2.93. The van der Waals surface area contributed by atoms with E-state index in [0.717, 1.165) is 11.1 Å². The van der Waals surface area contributed by atoms with Crippen molar-refractivity contribution in [3.05, 3.63) is 53.1 Å². The van der Waals surface area contributed by atoms with Gasteiger partial charge in [-0.15, -0.1) is 0 Å². The molecule has 0 aliphatic carbocycles. The summed E-state index contributed by atoms with van der Waals surface area (Å²) in [5.74, 6) is -2.07. The van der Waals surface area contributed by atoms with Crippen LogP contribution >= 0.6 is 0 Å². The zero-order valence-electron chi connectivity index (χ0n) is 25.3. The Morgan fingerprint density at radius 2 is 1.76 bits per heavy atom. The van der Waals surface area contributed by atoms with Gasteiger partial charge in [-0.3, -0.25) is 4.79 Å². The third-order valence-electron chi connectivity index (χ3n) is 6.61. The van der Waals surface area contributed by atoms with Gasteiger partial charge >= 0.3 is 12.2 Å². The van der Waals surface area contributed by atoms with Crippen molar-refractivity contribution in [1.29, 1.82) is 0 Å². The fourth-order valence-electron chi connectivity index (χ4n) is 4.61. The number of amides is 2. The molecule has 0 fully saturated rings. The number of carbonyl (C=O) groups is 4. The van der Waals surface area contributed by atoms with Crippen LogP contribution in [0.4, 0.5) is 14.0 Å². The molecule has 11 nitrogen and oxygen atoms in total. The fourth-order valence-corrected chi connectivity index (χ4v) is 4.61. The molecule has 1 aromatic carbocycles. The molecule has 0 N–H and O–H groups in total. The topological polar surface area (TPSA) is 131 Å². The SMILES string of the molecule is CCOC(=O)Oc1c(OC)ccnc1C(=O)N(C(=O)OCC)[C@](C)(C=O)CO[C@@H](C)[C@H](c1ccc(F)cc1C)C(C)C. The van der Waals surface area contributed by atoms with Crippen molar-refractivity contribution in [3.63, 3.8) is 0 Å². The molecule has 3 atom stereocenters. The van der Waals surface area contributed by atoms with E-state index in [-0.39, 0.29) is 36.6 Å². The number of aldehydes is 1. The van der Waals surface area contributed by atoms with Gasteiger partial charge in [0.25, 0.3) is 5.91 Å². The van der Waals surface area contributed by atoms with Crippen molar-refractivity contribution in [3.8, 4) is 11.5 Å². The molecule has 0 saturated heterocycles. The first-order chi connectivity index (χ1) is 19.8. The number of rotatable bonds is 13. The number of methoxy groups -OCH3 is 1. The molecule has 0 aliphatic heterocycles. The van der Waals surface area contributed by atoms with Crippen LogP contribution in [0.5, 0.6) is 11.5 Å². The summed E-state index contributed by atoms with van der Waals surface area (Å²) in [5, 5.41) is 0. The zero-order chi connectivity index (χ0) is 31.6. The van der Waals surface area contributed by atoms with Crippen molar-refractivity contribution in [2.75, 3.05) is 26.9 Å². The molecule has 0 spiro atoms. The van der Waals surface area contributed by atoms with Crippen molar-refractivity contribution < 1.29 is 47.3 Å². The van der Waals surface area contributed by atoms with E-state index in [9.17, 15) is 23.6 Å². The normalized spacial score (nSPS) is 13.9. The van der Waals surface area contributed by atoms with Gasteiger partial charge in [0.05, 0.1) is 33.0 Å². The molecular formula is C30H39FN2O9. The summed E-state index contributed by atoms with van der Waals surface area (Å²) in [6, 6.07) is 5.85. The maximum atomic E-state index is 13.9. The number of imide groups is 1. The van der Waals surface area contributed by atoms with Gasteiger partial charge in [0.15, 0.2) is 11.4 Å². The van der Waals surface area contributed by atoms with E-state index in [0.29, 0.717) is 11.2 Å². The van der Waals surface area contributed by atoms with Crippen molar-refractivity contribution in [1.82, 2.24) is 9.88 Å². The second kappa shape index (κ2) is 15.2. The fraction of sp³-hybridized carbons (Fsp3) is 0.500. The van der Waals surface area contributed by atoms with Crippen molar-refractivity contribution in [2.45, 2.75) is 66.0 Å². The van der Waals surface area contributed by atoms with Gasteiger partial charge < -0.3 is 28.5 Å². The number of benzene rings is 1. The molecule has 0 radical (unpaired) electrons. The minimum absolute atomic E-state index is 0.00675. The lowest BCUT2D eigenvalue weighted by atomic mass is 9.82. The quantitative estimate of drug-likeness (QED) is 0.218. The molecule has 0 saturated carbocycles. The minimum Gasteiger partial charge on any atom is -0.493 e. The number of ether oxygens (including phenoxy) is 5. The summed E-state index contributed by atoms with van der Waals surface area (Å²) in [4.78, 5) is 56.4. The van der Waals surface area contributed by atoms with E-state index < -0.39 is 47.8 Å². The van der Waals surface area contributed by atoms with Gasteiger partial charge in [0.1, 0.15) is 17.6 Å². The summed E-state index contributed by atoms with van der Waals surface area (Å²) in [5.41, 5.74) is -0.781. The van der Waals surface area contributed by atoms with E-state index in [2.05, 4.69) is 4.98 Å². The Kier molecular flexibility index (Phi) is 12.4. The third kappa shape index (κ3) is 8.03. The van der Waals surface area contributed by atoms with Gasteiger partial charge in [-0.25, -0.2) is 23.9 Å². The van der Waals surface area contributed by atoms with Gasteiger partial charge in [0, 0.05) is 18.2 Å². The standard InChI is InChI=1S/C30H39FN2O9/c1-9-39-28(36)33(27(35)25-26(42-29(37)40-10-2)23(38-8)13-14-32-25)30(7,16-34)17-41-20(6)24(18(3)4)22-12-11-21(31)15-19(22)5/h11-16,18,20,24H,9-10,17H2,1-8H3/t20-,24+,30+/m0/s1. The first-order valence-corrected chi connectivity index (χ1v) is 13.6. The molecule has 42 heavy (non-hydrogen) atoms. The van der Waals surface area contributed by atoms with Crippen LogP contribution in [-0.2, 0) is 19.0 Å². The summed E-state index contributed by atoms with van der Waals surface area (Å²) in [6.07, 6.45) is -1.19. The molecule has 0 unspecified atom stereocenters. The van der Waals surface area contributed by atoms with Crippen LogP contribution < -0.4 is 9.47 Å². The van der Waals surface area contributed by atoms with E-state index in [1.165, 1.54) is 45.4 Å². The minimum atomic E-state index is -1.89. The number of halogens is 1. The van der Waals surface area contributed by atoms with E-state index >= 15 is 0 Å². The summed E-state index contributed by atoms with van der Waals surface area (Å²) >= 11 is 0. The first-order valence-electron chi connectivity index (χ1n) is 13.6. The Hall–Kier alpha value is -4.06. The highest BCUT2D eigenvalue weighted by Crippen LogP contribution is 2.35. The third-order valence-corrected chi connectivity index (χ3v) is 6.61. The van der Waals surface area contributed by atoms with Gasteiger partial charge in [0.2, 0.25) is 5.75 Å². The molecule has 12 heteroatoms. The summed E-state index contributed by atoms with van der Waals surface area (Å²) in [6.45, 7) is 11.5. The first kappa shape index (κ1) is 34.1. The Morgan fingerprint density at radius 1 is 1.10 bits per heavy atom. The Balaban J connectivity index is 2.51. The van der Waals surface area contributed by atoms with Crippen LogP contribution in [0, 0.1) is 18.7 Å². The number of pyridine rings is 1. The molecule has 2 aromatic rings. The number of hydrogen-bond acceptors (Lipinski definition) is 10. The van der Waals surface area contributed by atoms with Gasteiger partial charge in [-0.05, 0) is 63.8 Å². The number of carbonyl (C=O) groups excluding carboxylic acids is 4. The van der Waals surface area contributed by atoms with Crippen LogP contribution in [0.25, 0.3) is 0 Å². The number of hydrogen-bond donors (Lipinski definition) is 0. The average molecular weight is 591 g/mol. The van der Waals surface area contributed by atoms with Crippen molar-refractivity contribution >= 4 is 24.4 Å². The highest BCUT2D eigenvalue weighted by atomic mass is 19.1. The second-order valence-electron chi connectivity index (χ2n) is 10.1. The number of aromatic nitrogens is 1. The highest BCUT2D eigenvalue weighted by Gasteiger charge is 2.44. The zero-order valence-corrected chi connectivity index (χ0v) is 25.3. The predicted molar refractivity (Wildman–Crippen MR) is 150 cm³/mol. The highest BCUT2D eigenvalue weighted by molar-refractivity contribution is 6.06. The molecule has 2 rings (SSSR count). The maximum Gasteiger partial charge on any atom is 0.514 e. The monoisotopic (exact) mass is 590 g/mol. The molecule has 0 aliphatic rings. The molecule has 2 amide bonds. The van der Waals surface area contributed by atoms with E-state index in [1.54, 1.807) is 26.8 Å². The molecule has 1 heterocycles. The van der Waals surface area contributed by atoms with Crippen LogP contribution in [0.1, 0.15) is 69.1 Å². The van der Waals surface area contributed by atoms with Gasteiger partial charge in [-0.2, -0.15) is 0 Å². The van der Waals surface area contributed by atoms with Crippen LogP contribution in [-0.4, -0.2) is 72.9 Å². The lowest BCUT2D eigenvalue weighted by Crippen LogP contribution is -2.57. The Labute approximate surface area is 245 Å². The Morgan fingerprint density at radius 3 is 2.31 bits per heavy atom. The van der Waals surface area contributed by atoms with E-state index in [1.807, 2.05) is 13.8 Å². The van der Waals surface area contributed by atoms with Crippen LogP contribution in [0.2, 0.25) is 0 Å². The van der Waals surface area contributed by atoms with E-state index in [4.69, 9.17) is 23.7 Å². The Bertz CT molecular complexity index is 1270. The van der Waals surface area contributed by atoms with Crippen LogP contribution in [0.15, 0.2) is 30.5 Å². The summed E-state index contributed by atoms with van der Waals surface area (Å²) < 4.78 is 40.3. The summed E-state index contributed by atoms with van der Waals surface area (Å²) in [7, 11) is 1.28. The molecule has 230 valence electrons. The maximum absolute atomic E-state index is 13.9. The second-order valence-corrected chi connectivity index (χ2v) is 10.1. The smallest absolute Gasteiger partial charge is 0.493 e.